The summed E-state index contributed by atoms with van der Waals surface area (Å²) >= 11 is 0. The molecule has 1 fully saturated rings. The molecule has 1 aliphatic rings. The van der Waals surface area contributed by atoms with Crippen LogP contribution in [0.4, 0.5) is 4.39 Å². The number of carbonyl (C=O) groups excluding carboxylic acids is 1. The Hall–Kier alpha value is -1.14. The lowest BCUT2D eigenvalue weighted by atomic mass is 10.00. The first kappa shape index (κ1) is 15.3. The number of amides is 1. The number of nitrogens with one attached hydrogen (secondary N) is 1. The van der Waals surface area contributed by atoms with E-state index in [1.54, 1.807) is 0 Å². The molecule has 0 spiro atoms. The summed E-state index contributed by atoms with van der Waals surface area (Å²) in [6, 6.07) is 3.14. The van der Waals surface area contributed by atoms with Gasteiger partial charge in [0.1, 0.15) is 10.7 Å². The highest BCUT2D eigenvalue weighted by molar-refractivity contribution is 8.13. The van der Waals surface area contributed by atoms with E-state index in [0.717, 1.165) is 37.8 Å². The Morgan fingerprint density at radius 1 is 1.35 bits per heavy atom. The molecule has 0 bridgehead atoms. The number of carbonyl (C=O) groups is 1. The number of benzene rings is 1. The van der Waals surface area contributed by atoms with Crippen molar-refractivity contribution >= 4 is 25.6 Å². The maximum absolute atomic E-state index is 13.4. The quantitative estimate of drug-likeness (QED) is 0.871. The van der Waals surface area contributed by atoms with Crippen molar-refractivity contribution in [2.45, 2.75) is 43.0 Å². The van der Waals surface area contributed by atoms with Crippen LogP contribution < -0.4 is 5.32 Å². The third-order valence-corrected chi connectivity index (χ3v) is 4.92. The van der Waals surface area contributed by atoms with E-state index in [-0.39, 0.29) is 11.1 Å². The van der Waals surface area contributed by atoms with Crippen molar-refractivity contribution in [3.8, 4) is 0 Å². The molecule has 110 valence electrons. The molecule has 1 aromatic rings. The summed E-state index contributed by atoms with van der Waals surface area (Å²) in [5.74, 6) is -1.39. The number of rotatable bonds is 3. The van der Waals surface area contributed by atoms with Crippen LogP contribution in [0.3, 0.4) is 0 Å². The van der Waals surface area contributed by atoms with E-state index >= 15 is 0 Å². The van der Waals surface area contributed by atoms with Crippen molar-refractivity contribution < 1.29 is 17.6 Å². The van der Waals surface area contributed by atoms with Crippen molar-refractivity contribution in [3.63, 3.8) is 0 Å². The molecule has 4 nitrogen and oxygen atoms in total. The molecule has 0 saturated heterocycles. The highest BCUT2D eigenvalue weighted by Gasteiger charge is 2.30. The molecule has 1 amide bonds. The average molecular weight is 320 g/mol. The molecule has 1 N–H and O–H groups in total. The van der Waals surface area contributed by atoms with Crippen LogP contribution in [0.2, 0.25) is 0 Å². The monoisotopic (exact) mass is 319 g/mol. The summed E-state index contributed by atoms with van der Waals surface area (Å²) in [5, 5.41) is 2.87. The third-order valence-electron chi connectivity index (χ3n) is 3.58. The Morgan fingerprint density at radius 2 is 1.95 bits per heavy atom. The Labute approximate surface area is 121 Å². The molecule has 1 aromatic carbocycles. The summed E-state index contributed by atoms with van der Waals surface area (Å²) in [6.07, 6.45) is 3.84. The Balaban J connectivity index is 2.27. The van der Waals surface area contributed by atoms with Gasteiger partial charge in [0, 0.05) is 21.8 Å². The van der Waals surface area contributed by atoms with Crippen LogP contribution in [-0.4, -0.2) is 19.9 Å². The number of halogens is 2. The molecule has 0 aromatic heterocycles. The van der Waals surface area contributed by atoms with E-state index < -0.39 is 25.7 Å². The molecular weight excluding hydrogens is 305 g/mol. The summed E-state index contributed by atoms with van der Waals surface area (Å²) in [4.78, 5) is 11.4. The minimum Gasteiger partial charge on any atom is -0.347 e. The van der Waals surface area contributed by atoms with Crippen molar-refractivity contribution in [3.05, 3.63) is 29.6 Å². The van der Waals surface area contributed by atoms with E-state index in [4.69, 9.17) is 10.7 Å². The fourth-order valence-corrected chi connectivity index (χ4v) is 3.38. The Kier molecular flexibility index (Phi) is 4.07. The predicted octanol–water partition coefficient (Wildman–Crippen LogP) is 2.82. The van der Waals surface area contributed by atoms with Gasteiger partial charge < -0.3 is 5.32 Å². The van der Waals surface area contributed by atoms with Gasteiger partial charge in [0.2, 0.25) is 0 Å². The number of hydrogen-bond donors (Lipinski definition) is 1. The first-order valence-electron chi connectivity index (χ1n) is 6.28. The standard InChI is InChI=1S/C13H15ClFNO3S/c1-13(6-2-3-7-13)16-12(17)9-4-5-10(15)11(8-9)20(14,18)19/h4-5,8H,2-3,6-7H2,1H3,(H,16,17). The SMILES string of the molecule is CC1(NC(=O)c2ccc(F)c(S(=O)(=O)Cl)c2)CCCC1. The minimum atomic E-state index is -4.21. The zero-order valence-corrected chi connectivity index (χ0v) is 12.5. The van der Waals surface area contributed by atoms with Crippen LogP contribution in [0.25, 0.3) is 0 Å². The fraction of sp³-hybridized carbons (Fsp3) is 0.462. The van der Waals surface area contributed by atoms with Gasteiger partial charge in [-0.2, -0.15) is 0 Å². The van der Waals surface area contributed by atoms with Gasteiger partial charge in [-0.3, -0.25) is 4.79 Å². The molecule has 20 heavy (non-hydrogen) atoms. The molecule has 7 heteroatoms. The van der Waals surface area contributed by atoms with E-state index in [1.165, 1.54) is 6.07 Å². The van der Waals surface area contributed by atoms with Crippen molar-refractivity contribution in [2.75, 3.05) is 0 Å². The van der Waals surface area contributed by atoms with Gasteiger partial charge >= 0.3 is 0 Å². The second-order valence-corrected chi connectivity index (χ2v) is 7.84. The first-order chi connectivity index (χ1) is 9.21. The molecule has 0 radical (unpaired) electrons. The van der Waals surface area contributed by atoms with E-state index in [2.05, 4.69) is 5.32 Å². The average Bonchev–Trinajstić information content (AvgIpc) is 2.74. The fourth-order valence-electron chi connectivity index (χ4n) is 2.46. The van der Waals surface area contributed by atoms with Crippen LogP contribution in [-0.2, 0) is 9.05 Å². The maximum Gasteiger partial charge on any atom is 0.264 e. The van der Waals surface area contributed by atoms with Crippen LogP contribution in [0.5, 0.6) is 0 Å². The zero-order valence-electron chi connectivity index (χ0n) is 10.9. The lowest BCUT2D eigenvalue weighted by Crippen LogP contribution is -2.43. The Bertz CT molecular complexity index is 639. The van der Waals surface area contributed by atoms with Crippen LogP contribution in [0.1, 0.15) is 43.0 Å². The normalized spacial score (nSPS) is 17.9. The van der Waals surface area contributed by atoms with Gasteiger partial charge in [0.25, 0.3) is 15.0 Å². The molecule has 0 aliphatic heterocycles. The zero-order chi connectivity index (χ0) is 15.0. The van der Waals surface area contributed by atoms with Crippen molar-refractivity contribution in [2.24, 2.45) is 0 Å². The van der Waals surface area contributed by atoms with Crippen LogP contribution in [0.15, 0.2) is 23.1 Å². The lowest BCUT2D eigenvalue weighted by molar-refractivity contribution is 0.0908. The molecule has 1 aliphatic carbocycles. The summed E-state index contributed by atoms with van der Waals surface area (Å²) in [7, 11) is 0.924. The summed E-state index contributed by atoms with van der Waals surface area (Å²) in [5.41, 5.74) is -0.204. The van der Waals surface area contributed by atoms with E-state index in [9.17, 15) is 17.6 Å². The van der Waals surface area contributed by atoms with Gasteiger partial charge in [0.15, 0.2) is 0 Å². The second-order valence-electron chi connectivity index (χ2n) is 5.30. The largest absolute Gasteiger partial charge is 0.347 e. The minimum absolute atomic E-state index is 0.0822. The predicted molar refractivity (Wildman–Crippen MR) is 73.8 cm³/mol. The smallest absolute Gasteiger partial charge is 0.264 e. The van der Waals surface area contributed by atoms with Crippen molar-refractivity contribution in [1.29, 1.82) is 0 Å². The molecule has 1 saturated carbocycles. The number of hydrogen-bond acceptors (Lipinski definition) is 3. The van der Waals surface area contributed by atoms with Gasteiger partial charge in [-0.25, -0.2) is 12.8 Å². The van der Waals surface area contributed by atoms with Gasteiger partial charge in [-0.15, -0.1) is 0 Å². The molecule has 0 unspecified atom stereocenters. The Morgan fingerprint density at radius 3 is 2.50 bits per heavy atom. The maximum atomic E-state index is 13.4. The van der Waals surface area contributed by atoms with Gasteiger partial charge in [-0.1, -0.05) is 12.8 Å². The molecule has 0 atom stereocenters. The summed E-state index contributed by atoms with van der Waals surface area (Å²) < 4.78 is 35.9. The highest BCUT2D eigenvalue weighted by Crippen LogP contribution is 2.29. The second kappa shape index (κ2) is 5.33. The van der Waals surface area contributed by atoms with Crippen molar-refractivity contribution in [1.82, 2.24) is 5.32 Å². The van der Waals surface area contributed by atoms with Gasteiger partial charge in [-0.05, 0) is 38.0 Å². The highest BCUT2D eigenvalue weighted by atomic mass is 35.7. The third kappa shape index (κ3) is 3.30. The summed E-state index contributed by atoms with van der Waals surface area (Å²) in [6.45, 7) is 1.95. The van der Waals surface area contributed by atoms with Crippen LogP contribution >= 0.6 is 10.7 Å². The molecular formula is C13H15ClFNO3S. The lowest BCUT2D eigenvalue weighted by Gasteiger charge is -2.25. The van der Waals surface area contributed by atoms with E-state index in [1.807, 2.05) is 6.92 Å². The first-order valence-corrected chi connectivity index (χ1v) is 8.59. The van der Waals surface area contributed by atoms with Crippen LogP contribution in [0, 0.1) is 5.82 Å². The molecule has 2 rings (SSSR count). The van der Waals surface area contributed by atoms with E-state index in [0.29, 0.717) is 0 Å². The molecule has 0 heterocycles. The van der Waals surface area contributed by atoms with Gasteiger partial charge in [0.05, 0.1) is 0 Å². The topological polar surface area (TPSA) is 63.2 Å².